The molecule has 1 rings (SSSR count). The average Bonchev–Trinajstić information content (AvgIpc) is 2.02. The Kier molecular flexibility index (Phi) is 3.69. The lowest BCUT2D eigenvalue weighted by atomic mass is 10.0. The third kappa shape index (κ3) is 3.32. The third-order valence-corrected chi connectivity index (χ3v) is 2.15. The van der Waals surface area contributed by atoms with Gasteiger partial charge in [-0.2, -0.15) is 0 Å². The van der Waals surface area contributed by atoms with Gasteiger partial charge in [-0.3, -0.25) is 4.79 Å². The van der Waals surface area contributed by atoms with Gasteiger partial charge in [-0.1, -0.05) is 0 Å². The molecule has 0 radical (unpaired) electrons. The van der Waals surface area contributed by atoms with E-state index in [9.17, 15) is 4.79 Å². The Labute approximate surface area is 79.0 Å². The summed E-state index contributed by atoms with van der Waals surface area (Å²) < 4.78 is 5.56. The molecule has 0 spiro atoms. The van der Waals surface area contributed by atoms with Gasteiger partial charge in [0, 0.05) is 26.1 Å². The van der Waals surface area contributed by atoms with E-state index < -0.39 is 0 Å². The largest absolute Gasteiger partial charge is 0.372 e. The SMILES string of the molecule is CCNC(=O)CCOC1(C)CNC1. The van der Waals surface area contributed by atoms with E-state index in [1.165, 1.54) is 0 Å². The Hall–Kier alpha value is -0.610. The smallest absolute Gasteiger partial charge is 0.222 e. The molecule has 0 aliphatic carbocycles. The lowest BCUT2D eigenvalue weighted by Gasteiger charge is -2.39. The zero-order valence-electron chi connectivity index (χ0n) is 8.35. The van der Waals surface area contributed by atoms with Gasteiger partial charge in [0.25, 0.3) is 0 Å². The molecule has 0 aromatic rings. The molecule has 0 unspecified atom stereocenters. The van der Waals surface area contributed by atoms with Crippen LogP contribution in [0.3, 0.4) is 0 Å². The van der Waals surface area contributed by atoms with Crippen LogP contribution in [0.5, 0.6) is 0 Å². The summed E-state index contributed by atoms with van der Waals surface area (Å²) in [6.07, 6.45) is 0.462. The molecule has 4 heteroatoms. The molecule has 0 bridgehead atoms. The van der Waals surface area contributed by atoms with Crippen LogP contribution in [-0.4, -0.2) is 37.7 Å². The van der Waals surface area contributed by atoms with E-state index in [-0.39, 0.29) is 11.5 Å². The number of hydrogen-bond acceptors (Lipinski definition) is 3. The highest BCUT2D eigenvalue weighted by atomic mass is 16.5. The van der Waals surface area contributed by atoms with E-state index in [0.717, 1.165) is 13.1 Å². The van der Waals surface area contributed by atoms with Crippen LogP contribution in [0, 0.1) is 0 Å². The van der Waals surface area contributed by atoms with E-state index in [1.54, 1.807) is 0 Å². The van der Waals surface area contributed by atoms with Crippen molar-refractivity contribution >= 4 is 5.91 Å². The standard InChI is InChI=1S/C9H18N2O2/c1-3-11-8(12)4-5-13-9(2)6-10-7-9/h10H,3-7H2,1-2H3,(H,11,12). The first-order valence-electron chi connectivity index (χ1n) is 4.78. The molecule has 0 atom stereocenters. The lowest BCUT2D eigenvalue weighted by Crippen LogP contribution is -2.59. The maximum Gasteiger partial charge on any atom is 0.222 e. The van der Waals surface area contributed by atoms with Crippen LogP contribution in [-0.2, 0) is 9.53 Å². The molecule has 2 N–H and O–H groups in total. The van der Waals surface area contributed by atoms with Crippen molar-refractivity contribution in [3.8, 4) is 0 Å². The zero-order chi connectivity index (χ0) is 9.73. The Bertz CT molecular complexity index is 178. The van der Waals surface area contributed by atoms with E-state index >= 15 is 0 Å². The minimum absolute atomic E-state index is 0.0352. The van der Waals surface area contributed by atoms with Crippen LogP contribution in [0.25, 0.3) is 0 Å². The van der Waals surface area contributed by atoms with Crippen molar-refractivity contribution in [1.29, 1.82) is 0 Å². The van der Waals surface area contributed by atoms with Gasteiger partial charge in [-0.25, -0.2) is 0 Å². The second-order valence-electron chi connectivity index (χ2n) is 3.61. The second-order valence-corrected chi connectivity index (χ2v) is 3.61. The Morgan fingerprint density at radius 3 is 2.77 bits per heavy atom. The number of hydrogen-bond donors (Lipinski definition) is 2. The summed E-state index contributed by atoms with van der Waals surface area (Å²) in [5.74, 6) is 0.0679. The Morgan fingerprint density at radius 1 is 1.62 bits per heavy atom. The highest BCUT2D eigenvalue weighted by molar-refractivity contribution is 5.75. The van der Waals surface area contributed by atoms with Crippen LogP contribution in [0.15, 0.2) is 0 Å². The van der Waals surface area contributed by atoms with Gasteiger partial charge in [-0.05, 0) is 13.8 Å². The van der Waals surface area contributed by atoms with Crippen molar-refractivity contribution in [2.45, 2.75) is 25.9 Å². The molecule has 1 heterocycles. The second kappa shape index (κ2) is 4.58. The summed E-state index contributed by atoms with van der Waals surface area (Å²) in [5, 5.41) is 5.87. The molecule has 1 aliphatic heterocycles. The molecule has 1 fully saturated rings. The highest BCUT2D eigenvalue weighted by Gasteiger charge is 2.32. The number of carbonyl (C=O) groups is 1. The van der Waals surface area contributed by atoms with Gasteiger partial charge < -0.3 is 15.4 Å². The predicted molar refractivity (Wildman–Crippen MR) is 50.5 cm³/mol. The summed E-state index contributed by atoms with van der Waals surface area (Å²) in [6.45, 7) is 6.96. The van der Waals surface area contributed by atoms with Gasteiger partial charge in [0.1, 0.15) is 0 Å². The quantitative estimate of drug-likeness (QED) is 0.630. The van der Waals surface area contributed by atoms with E-state index in [4.69, 9.17) is 4.74 Å². The molecule has 1 saturated heterocycles. The topological polar surface area (TPSA) is 50.4 Å². The molecule has 0 aromatic carbocycles. The van der Waals surface area contributed by atoms with Crippen molar-refractivity contribution in [3.63, 3.8) is 0 Å². The number of amides is 1. The number of carbonyl (C=O) groups excluding carboxylic acids is 1. The van der Waals surface area contributed by atoms with Gasteiger partial charge in [0.05, 0.1) is 12.2 Å². The molecule has 0 aromatic heterocycles. The molecule has 1 amide bonds. The van der Waals surface area contributed by atoms with Crippen molar-refractivity contribution < 1.29 is 9.53 Å². The Morgan fingerprint density at radius 2 is 2.31 bits per heavy atom. The van der Waals surface area contributed by atoms with Gasteiger partial charge >= 0.3 is 0 Å². The maximum absolute atomic E-state index is 11.0. The van der Waals surface area contributed by atoms with Crippen LogP contribution >= 0.6 is 0 Å². The van der Waals surface area contributed by atoms with Crippen LogP contribution in [0.2, 0.25) is 0 Å². The molecule has 4 nitrogen and oxygen atoms in total. The van der Waals surface area contributed by atoms with Gasteiger partial charge in [0.15, 0.2) is 0 Å². The fourth-order valence-corrected chi connectivity index (χ4v) is 1.25. The van der Waals surface area contributed by atoms with E-state index in [0.29, 0.717) is 19.6 Å². The Balaban J connectivity index is 2.03. The van der Waals surface area contributed by atoms with E-state index in [2.05, 4.69) is 17.6 Å². The monoisotopic (exact) mass is 186 g/mol. The van der Waals surface area contributed by atoms with Crippen LogP contribution in [0.4, 0.5) is 0 Å². The predicted octanol–water partition coefficient (Wildman–Crippen LogP) is -0.109. The summed E-state index contributed by atoms with van der Waals surface area (Å²) in [4.78, 5) is 11.0. The normalized spacial score (nSPS) is 19.2. The zero-order valence-corrected chi connectivity index (χ0v) is 8.35. The van der Waals surface area contributed by atoms with Crippen LogP contribution in [0.1, 0.15) is 20.3 Å². The van der Waals surface area contributed by atoms with Crippen molar-refractivity contribution in [3.05, 3.63) is 0 Å². The first-order valence-corrected chi connectivity index (χ1v) is 4.78. The summed E-state index contributed by atoms with van der Waals surface area (Å²) in [6, 6.07) is 0. The molecule has 0 saturated carbocycles. The van der Waals surface area contributed by atoms with Crippen LogP contribution < -0.4 is 10.6 Å². The molecule has 13 heavy (non-hydrogen) atoms. The first-order chi connectivity index (χ1) is 6.16. The highest BCUT2D eigenvalue weighted by Crippen LogP contribution is 2.14. The number of nitrogens with one attached hydrogen (secondary N) is 2. The van der Waals surface area contributed by atoms with Crippen molar-refractivity contribution in [1.82, 2.24) is 10.6 Å². The first kappa shape index (κ1) is 10.5. The third-order valence-electron chi connectivity index (χ3n) is 2.15. The van der Waals surface area contributed by atoms with Gasteiger partial charge in [0.2, 0.25) is 5.91 Å². The minimum atomic E-state index is -0.0352. The summed E-state index contributed by atoms with van der Waals surface area (Å²) in [7, 11) is 0. The summed E-state index contributed by atoms with van der Waals surface area (Å²) >= 11 is 0. The maximum atomic E-state index is 11.0. The molecular formula is C9H18N2O2. The average molecular weight is 186 g/mol. The lowest BCUT2D eigenvalue weighted by molar-refractivity contribution is -0.125. The minimum Gasteiger partial charge on any atom is -0.372 e. The molecule has 76 valence electrons. The molecular weight excluding hydrogens is 168 g/mol. The summed E-state index contributed by atoms with van der Waals surface area (Å²) in [5.41, 5.74) is -0.0352. The number of ether oxygens (including phenoxy) is 1. The van der Waals surface area contributed by atoms with E-state index in [1.807, 2.05) is 6.92 Å². The fourth-order valence-electron chi connectivity index (χ4n) is 1.25. The number of rotatable bonds is 5. The van der Waals surface area contributed by atoms with Gasteiger partial charge in [-0.15, -0.1) is 0 Å². The molecule has 1 aliphatic rings. The van der Waals surface area contributed by atoms with Crippen molar-refractivity contribution in [2.24, 2.45) is 0 Å². The fraction of sp³-hybridized carbons (Fsp3) is 0.889. The van der Waals surface area contributed by atoms with Crippen molar-refractivity contribution in [2.75, 3.05) is 26.2 Å².